The molecule has 0 fully saturated rings. The first-order valence-corrected chi connectivity index (χ1v) is 12.9. The molecule has 4 aromatic rings. The van der Waals surface area contributed by atoms with Crippen LogP contribution in [0.3, 0.4) is 0 Å². The van der Waals surface area contributed by atoms with Crippen molar-refractivity contribution in [3.8, 4) is 5.75 Å². The lowest BCUT2D eigenvalue weighted by molar-refractivity contribution is -0.113. The van der Waals surface area contributed by atoms with Gasteiger partial charge in [-0.25, -0.2) is 0 Å². The monoisotopic (exact) mass is 584 g/mol. The van der Waals surface area contributed by atoms with Crippen LogP contribution in [-0.2, 0) is 17.9 Å². The van der Waals surface area contributed by atoms with E-state index in [-0.39, 0.29) is 18.3 Å². The lowest BCUT2D eigenvalue weighted by atomic mass is 10.0. The molecule has 3 aromatic carbocycles. The Morgan fingerprint density at radius 2 is 2.00 bits per heavy atom. The third-order valence-electron chi connectivity index (χ3n) is 5.41. The molecule has 0 aliphatic carbocycles. The first-order valence-electron chi connectivity index (χ1n) is 10.8. The number of rotatable bonds is 9. The van der Waals surface area contributed by atoms with Gasteiger partial charge in [0.05, 0.1) is 5.75 Å². The summed E-state index contributed by atoms with van der Waals surface area (Å²) in [5.41, 5.74) is 2.94. The molecule has 0 saturated carbocycles. The quantitative estimate of drug-likeness (QED) is 0.145. The third-order valence-corrected chi connectivity index (χ3v) is 7.04. The fraction of sp³-hybridized carbons (Fsp3) is 0.192. The maximum Gasteiger partial charge on any atom is 0.234 e. The number of carbonyl (C=O) groups is 1. The highest BCUT2D eigenvalue weighted by Crippen LogP contribution is 2.28. The van der Waals surface area contributed by atoms with Crippen LogP contribution in [-0.4, -0.2) is 26.4 Å². The maximum absolute atomic E-state index is 12.5. The molecule has 1 N–H and O–H groups in total. The summed E-state index contributed by atoms with van der Waals surface area (Å²) in [4.78, 5) is 12.5. The number of hydrogen-bond donors (Lipinski definition) is 1. The molecule has 1 amide bonds. The summed E-state index contributed by atoms with van der Waals surface area (Å²) < 4.78 is 9.17. The number of nitrogens with one attached hydrogen (secondary N) is 1. The molecule has 1 heterocycles. The lowest BCUT2D eigenvalue weighted by Gasteiger charge is -2.12. The molecule has 0 unspecified atom stereocenters. The molecule has 34 heavy (non-hydrogen) atoms. The van der Waals surface area contributed by atoms with Crippen molar-refractivity contribution in [3.63, 3.8) is 0 Å². The molecular weight excluding hydrogens is 559 g/mol. The normalized spacial score (nSPS) is 10.9. The van der Waals surface area contributed by atoms with Gasteiger partial charge in [0.25, 0.3) is 0 Å². The smallest absolute Gasteiger partial charge is 0.234 e. The standard InChI is InChI=1S/C26H25IN4O2S/c1-4-13-31-24(15-33-23-12-9-19-7-5-6-8-21(19)18(23)3)29-30-26(31)34-16-25(32)28-22-11-10-20(27)14-17(22)2/h4-12,14H,1,13,15-16H2,2-3H3,(H,28,32). The Kier molecular flexibility index (Phi) is 7.89. The molecule has 0 spiro atoms. The number of carbonyl (C=O) groups excluding carboxylic acids is 1. The van der Waals surface area contributed by atoms with Crippen LogP contribution in [0, 0.1) is 17.4 Å². The predicted molar refractivity (Wildman–Crippen MR) is 146 cm³/mol. The highest BCUT2D eigenvalue weighted by molar-refractivity contribution is 14.1. The Balaban J connectivity index is 1.43. The van der Waals surface area contributed by atoms with Crippen LogP contribution in [0.15, 0.2) is 72.4 Å². The van der Waals surface area contributed by atoms with Crippen molar-refractivity contribution in [1.82, 2.24) is 14.8 Å². The molecule has 0 aliphatic rings. The van der Waals surface area contributed by atoms with Crippen LogP contribution < -0.4 is 10.1 Å². The van der Waals surface area contributed by atoms with Crippen LogP contribution in [0.4, 0.5) is 5.69 Å². The zero-order valence-electron chi connectivity index (χ0n) is 19.0. The van der Waals surface area contributed by atoms with E-state index >= 15 is 0 Å². The molecule has 174 valence electrons. The van der Waals surface area contributed by atoms with Crippen molar-refractivity contribution in [1.29, 1.82) is 0 Å². The van der Waals surface area contributed by atoms with E-state index in [0.717, 1.165) is 31.5 Å². The number of halogens is 1. The Morgan fingerprint density at radius 1 is 1.18 bits per heavy atom. The summed E-state index contributed by atoms with van der Waals surface area (Å²) in [5.74, 6) is 1.63. The van der Waals surface area contributed by atoms with Gasteiger partial charge in [0.2, 0.25) is 5.91 Å². The van der Waals surface area contributed by atoms with Gasteiger partial charge in [-0.1, -0.05) is 48.2 Å². The zero-order chi connectivity index (χ0) is 24.1. The van der Waals surface area contributed by atoms with Gasteiger partial charge in [0.15, 0.2) is 11.0 Å². The van der Waals surface area contributed by atoms with E-state index in [9.17, 15) is 4.79 Å². The second-order valence-electron chi connectivity index (χ2n) is 7.79. The molecule has 8 heteroatoms. The number of aromatic nitrogens is 3. The molecule has 6 nitrogen and oxygen atoms in total. The average Bonchev–Trinajstić information content (AvgIpc) is 3.21. The second kappa shape index (κ2) is 11.1. The molecule has 0 aliphatic heterocycles. The fourth-order valence-corrected chi connectivity index (χ4v) is 5.05. The highest BCUT2D eigenvalue weighted by atomic mass is 127. The number of aryl methyl sites for hydroxylation is 2. The number of amides is 1. The summed E-state index contributed by atoms with van der Waals surface area (Å²) in [5, 5.41) is 14.6. The minimum Gasteiger partial charge on any atom is -0.485 e. The fourth-order valence-electron chi connectivity index (χ4n) is 3.63. The Labute approximate surface area is 216 Å². The second-order valence-corrected chi connectivity index (χ2v) is 9.98. The first-order chi connectivity index (χ1) is 16.5. The predicted octanol–water partition coefficient (Wildman–Crippen LogP) is 6.15. The first kappa shape index (κ1) is 24.3. The minimum absolute atomic E-state index is 0.0907. The van der Waals surface area contributed by atoms with Crippen LogP contribution >= 0.6 is 34.4 Å². The van der Waals surface area contributed by atoms with Crippen molar-refractivity contribution in [3.05, 3.63) is 87.8 Å². The summed E-state index contributed by atoms with van der Waals surface area (Å²) in [7, 11) is 0. The van der Waals surface area contributed by atoms with Crippen LogP contribution in [0.2, 0.25) is 0 Å². The van der Waals surface area contributed by atoms with Crippen molar-refractivity contribution in [2.24, 2.45) is 0 Å². The molecule has 0 radical (unpaired) electrons. The third kappa shape index (κ3) is 5.61. The van der Waals surface area contributed by atoms with Gasteiger partial charge in [-0.2, -0.15) is 0 Å². The van der Waals surface area contributed by atoms with E-state index in [1.165, 1.54) is 17.1 Å². The molecule has 1 aromatic heterocycles. The van der Waals surface area contributed by atoms with Gasteiger partial charge in [0, 0.05) is 15.8 Å². The van der Waals surface area contributed by atoms with Gasteiger partial charge < -0.3 is 10.1 Å². The number of fused-ring (bicyclic) bond motifs is 1. The van der Waals surface area contributed by atoms with E-state index in [0.29, 0.717) is 17.5 Å². The molecule has 4 rings (SSSR count). The van der Waals surface area contributed by atoms with Crippen molar-refractivity contribution in [2.45, 2.75) is 32.2 Å². The van der Waals surface area contributed by atoms with Gasteiger partial charge in [-0.05, 0) is 82.6 Å². The Morgan fingerprint density at radius 3 is 2.79 bits per heavy atom. The average molecular weight is 584 g/mol. The Bertz CT molecular complexity index is 1350. The number of hydrogen-bond acceptors (Lipinski definition) is 5. The number of allylic oxidation sites excluding steroid dienone is 1. The van der Waals surface area contributed by atoms with Gasteiger partial charge in [-0.15, -0.1) is 16.8 Å². The highest BCUT2D eigenvalue weighted by Gasteiger charge is 2.15. The Hall–Kier alpha value is -2.85. The van der Waals surface area contributed by atoms with Crippen LogP contribution in [0.25, 0.3) is 10.8 Å². The van der Waals surface area contributed by atoms with Gasteiger partial charge in [-0.3, -0.25) is 9.36 Å². The van der Waals surface area contributed by atoms with E-state index in [4.69, 9.17) is 4.74 Å². The number of nitrogens with zero attached hydrogens (tertiary/aromatic N) is 3. The van der Waals surface area contributed by atoms with E-state index in [1.807, 2.05) is 47.9 Å². The zero-order valence-corrected chi connectivity index (χ0v) is 22.0. The van der Waals surface area contributed by atoms with Gasteiger partial charge >= 0.3 is 0 Å². The minimum atomic E-state index is -0.0907. The SMILES string of the molecule is C=CCn1c(COc2ccc3ccccc3c2C)nnc1SCC(=O)Nc1ccc(I)cc1C. The summed E-state index contributed by atoms with van der Waals surface area (Å²) >= 11 is 3.60. The summed E-state index contributed by atoms with van der Waals surface area (Å²) in [6, 6.07) is 18.2. The summed E-state index contributed by atoms with van der Waals surface area (Å²) in [6.07, 6.45) is 1.78. The van der Waals surface area contributed by atoms with E-state index in [1.54, 1.807) is 6.08 Å². The largest absolute Gasteiger partial charge is 0.485 e. The number of anilines is 1. The van der Waals surface area contributed by atoms with Crippen molar-refractivity contribution < 1.29 is 9.53 Å². The van der Waals surface area contributed by atoms with Gasteiger partial charge in [0.1, 0.15) is 12.4 Å². The summed E-state index contributed by atoms with van der Waals surface area (Å²) in [6.45, 7) is 8.69. The number of ether oxygens (including phenoxy) is 1. The molecule has 0 bridgehead atoms. The van der Waals surface area contributed by atoms with Crippen LogP contribution in [0.5, 0.6) is 5.75 Å². The van der Waals surface area contributed by atoms with E-state index in [2.05, 4.69) is 69.8 Å². The number of benzene rings is 3. The topological polar surface area (TPSA) is 69.0 Å². The maximum atomic E-state index is 12.5. The lowest BCUT2D eigenvalue weighted by Crippen LogP contribution is -2.15. The van der Waals surface area contributed by atoms with Crippen molar-refractivity contribution in [2.75, 3.05) is 11.1 Å². The van der Waals surface area contributed by atoms with Crippen molar-refractivity contribution >= 4 is 56.7 Å². The molecule has 0 atom stereocenters. The van der Waals surface area contributed by atoms with Crippen LogP contribution in [0.1, 0.15) is 17.0 Å². The van der Waals surface area contributed by atoms with E-state index < -0.39 is 0 Å². The number of thioether (sulfide) groups is 1. The molecule has 0 saturated heterocycles. The molecular formula is C26H25IN4O2S.